The molecule has 0 unspecified atom stereocenters. The van der Waals surface area contributed by atoms with E-state index in [1.165, 1.54) is 11.3 Å². The van der Waals surface area contributed by atoms with E-state index in [4.69, 9.17) is 16.0 Å². The van der Waals surface area contributed by atoms with Gasteiger partial charge in [-0.3, -0.25) is 14.7 Å². The van der Waals surface area contributed by atoms with Gasteiger partial charge >= 0.3 is 0 Å². The summed E-state index contributed by atoms with van der Waals surface area (Å²) in [6.07, 6.45) is 1.70. The van der Waals surface area contributed by atoms with Gasteiger partial charge in [0.1, 0.15) is 0 Å². The predicted molar refractivity (Wildman–Crippen MR) is 111 cm³/mol. The Labute approximate surface area is 172 Å². The molecule has 27 heavy (non-hydrogen) atoms. The third-order valence-electron chi connectivity index (χ3n) is 3.95. The van der Waals surface area contributed by atoms with E-state index in [2.05, 4.69) is 25.9 Å². The number of aromatic nitrogens is 2. The number of aryl methyl sites for hydroxylation is 1. The summed E-state index contributed by atoms with van der Waals surface area (Å²) in [7, 11) is 0. The highest BCUT2D eigenvalue weighted by atomic mass is 79.9. The van der Waals surface area contributed by atoms with Gasteiger partial charge in [-0.1, -0.05) is 29.0 Å². The van der Waals surface area contributed by atoms with Crippen LogP contribution in [-0.2, 0) is 6.54 Å². The smallest absolute Gasteiger partial charge is 0.296 e. The Morgan fingerprint density at radius 1 is 1.30 bits per heavy atom. The standard InChI is InChI=1S/C19H13BrClN3O2S/c1-11-8-12(21)9-15-17(11)23-19(27-15)24(10-13-4-2-3-7-22-13)18(25)14-5-6-16(20)26-14/h2-9H,10H2,1H3. The fourth-order valence-electron chi connectivity index (χ4n) is 2.70. The van der Waals surface area contributed by atoms with Crippen molar-refractivity contribution in [2.24, 2.45) is 0 Å². The van der Waals surface area contributed by atoms with Crippen LogP contribution in [0.3, 0.4) is 0 Å². The number of hydrogen-bond acceptors (Lipinski definition) is 5. The molecule has 0 bridgehead atoms. The second-order valence-electron chi connectivity index (χ2n) is 5.88. The van der Waals surface area contributed by atoms with E-state index >= 15 is 0 Å². The Morgan fingerprint density at radius 2 is 2.15 bits per heavy atom. The van der Waals surface area contributed by atoms with Gasteiger partial charge in [-0.2, -0.15) is 0 Å². The molecule has 0 atom stereocenters. The van der Waals surface area contributed by atoms with E-state index in [1.807, 2.05) is 37.3 Å². The number of pyridine rings is 1. The summed E-state index contributed by atoms with van der Waals surface area (Å²) in [5.74, 6) is -0.0547. The van der Waals surface area contributed by atoms with Gasteiger partial charge in [-0.05, 0) is 64.8 Å². The van der Waals surface area contributed by atoms with E-state index in [9.17, 15) is 4.79 Å². The molecule has 0 fully saturated rings. The van der Waals surface area contributed by atoms with Crippen LogP contribution in [0, 0.1) is 6.92 Å². The van der Waals surface area contributed by atoms with Crippen LogP contribution in [0.2, 0.25) is 5.02 Å². The molecule has 3 heterocycles. The summed E-state index contributed by atoms with van der Waals surface area (Å²) >= 11 is 10.8. The summed E-state index contributed by atoms with van der Waals surface area (Å²) in [6, 6.07) is 12.6. The van der Waals surface area contributed by atoms with Crippen molar-refractivity contribution in [2.75, 3.05) is 4.90 Å². The molecule has 4 rings (SSSR count). The molecule has 3 aromatic heterocycles. The predicted octanol–water partition coefficient (Wildman–Crippen LogP) is 5.86. The number of carbonyl (C=O) groups is 1. The Hall–Kier alpha value is -2.22. The zero-order valence-electron chi connectivity index (χ0n) is 14.1. The number of amides is 1. The van der Waals surface area contributed by atoms with Crippen LogP contribution in [0.5, 0.6) is 0 Å². The van der Waals surface area contributed by atoms with Gasteiger partial charge in [-0.25, -0.2) is 4.98 Å². The maximum atomic E-state index is 13.1. The van der Waals surface area contributed by atoms with Gasteiger partial charge in [0.05, 0.1) is 22.5 Å². The highest BCUT2D eigenvalue weighted by Crippen LogP contribution is 2.34. The SMILES string of the molecule is Cc1cc(Cl)cc2sc(N(Cc3ccccn3)C(=O)c3ccc(Br)o3)nc12. The summed E-state index contributed by atoms with van der Waals surface area (Å²) < 4.78 is 6.88. The minimum atomic E-state index is -0.283. The minimum absolute atomic E-state index is 0.229. The number of hydrogen-bond donors (Lipinski definition) is 0. The van der Waals surface area contributed by atoms with Crippen molar-refractivity contribution in [1.82, 2.24) is 9.97 Å². The van der Waals surface area contributed by atoms with E-state index in [1.54, 1.807) is 23.2 Å². The lowest BCUT2D eigenvalue weighted by molar-refractivity contribution is 0.0957. The van der Waals surface area contributed by atoms with Crippen LogP contribution in [0.15, 0.2) is 57.7 Å². The van der Waals surface area contributed by atoms with Gasteiger partial charge in [0.2, 0.25) is 0 Å². The van der Waals surface area contributed by atoms with Crippen LogP contribution in [0.4, 0.5) is 5.13 Å². The van der Waals surface area contributed by atoms with Crippen LogP contribution < -0.4 is 4.90 Å². The average molecular weight is 463 g/mol. The van der Waals surface area contributed by atoms with E-state index in [0.29, 0.717) is 14.8 Å². The van der Waals surface area contributed by atoms with Crippen molar-refractivity contribution in [1.29, 1.82) is 0 Å². The molecule has 0 spiro atoms. The molecular weight excluding hydrogens is 450 g/mol. The van der Waals surface area contributed by atoms with Crippen molar-refractivity contribution in [3.05, 3.63) is 75.4 Å². The maximum absolute atomic E-state index is 13.1. The summed E-state index contributed by atoms with van der Waals surface area (Å²) in [6.45, 7) is 2.23. The van der Waals surface area contributed by atoms with E-state index < -0.39 is 0 Å². The molecule has 1 amide bonds. The zero-order chi connectivity index (χ0) is 19.0. The molecule has 0 aliphatic heterocycles. The summed E-state index contributed by atoms with van der Waals surface area (Å²) in [5, 5.41) is 1.21. The van der Waals surface area contributed by atoms with Crippen LogP contribution >= 0.6 is 38.9 Å². The highest BCUT2D eigenvalue weighted by Gasteiger charge is 2.25. The molecule has 0 N–H and O–H groups in total. The molecule has 0 saturated heterocycles. The molecule has 8 heteroatoms. The van der Waals surface area contributed by atoms with Gasteiger partial charge in [-0.15, -0.1) is 0 Å². The molecule has 5 nitrogen and oxygen atoms in total. The zero-order valence-corrected chi connectivity index (χ0v) is 17.3. The Bertz CT molecular complexity index is 1130. The minimum Gasteiger partial charge on any atom is -0.444 e. The third kappa shape index (κ3) is 3.76. The first-order valence-electron chi connectivity index (χ1n) is 8.05. The Balaban J connectivity index is 1.79. The Morgan fingerprint density at radius 3 is 2.85 bits per heavy atom. The summed E-state index contributed by atoms with van der Waals surface area (Å²) in [5.41, 5.74) is 2.55. The molecule has 0 radical (unpaired) electrons. The summed E-state index contributed by atoms with van der Waals surface area (Å²) in [4.78, 5) is 23.7. The first-order valence-corrected chi connectivity index (χ1v) is 10.0. The maximum Gasteiger partial charge on any atom is 0.296 e. The van der Waals surface area contributed by atoms with Crippen LogP contribution in [-0.4, -0.2) is 15.9 Å². The van der Waals surface area contributed by atoms with Gasteiger partial charge < -0.3 is 4.42 Å². The molecule has 1 aromatic carbocycles. The van der Waals surface area contributed by atoms with Crippen molar-refractivity contribution < 1.29 is 9.21 Å². The molecule has 0 aliphatic rings. The van der Waals surface area contributed by atoms with Crippen molar-refractivity contribution >= 4 is 60.1 Å². The second-order valence-corrected chi connectivity index (χ2v) is 8.11. The van der Waals surface area contributed by atoms with Crippen molar-refractivity contribution in [3.63, 3.8) is 0 Å². The lowest BCUT2D eigenvalue weighted by atomic mass is 10.2. The number of benzene rings is 1. The number of fused-ring (bicyclic) bond motifs is 1. The molecular formula is C19H13BrClN3O2S. The lowest BCUT2D eigenvalue weighted by Crippen LogP contribution is -2.30. The molecule has 0 aliphatic carbocycles. The van der Waals surface area contributed by atoms with E-state index in [0.717, 1.165) is 21.5 Å². The number of carbonyl (C=O) groups excluding carboxylic acids is 1. The normalized spacial score (nSPS) is 11.1. The fraction of sp³-hybridized carbons (Fsp3) is 0.105. The Kier molecular flexibility index (Phi) is 4.99. The molecule has 136 valence electrons. The lowest BCUT2D eigenvalue weighted by Gasteiger charge is -2.18. The number of furan rings is 1. The number of thiazole rings is 1. The number of rotatable bonds is 4. The van der Waals surface area contributed by atoms with Gasteiger partial charge in [0, 0.05) is 11.2 Å². The quantitative estimate of drug-likeness (QED) is 0.381. The first kappa shape index (κ1) is 18.2. The van der Waals surface area contributed by atoms with Gasteiger partial charge in [0.25, 0.3) is 5.91 Å². The number of anilines is 1. The third-order valence-corrected chi connectivity index (χ3v) is 5.62. The first-order chi connectivity index (χ1) is 13.0. The highest BCUT2D eigenvalue weighted by molar-refractivity contribution is 9.10. The molecule has 0 saturated carbocycles. The fourth-order valence-corrected chi connectivity index (χ4v) is 4.42. The topological polar surface area (TPSA) is 59.2 Å². The number of halogens is 2. The van der Waals surface area contributed by atoms with Crippen LogP contribution in [0.1, 0.15) is 21.8 Å². The second kappa shape index (κ2) is 7.42. The average Bonchev–Trinajstić information content (AvgIpc) is 3.26. The molecule has 4 aromatic rings. The van der Waals surface area contributed by atoms with Gasteiger partial charge in [0.15, 0.2) is 15.6 Å². The largest absolute Gasteiger partial charge is 0.444 e. The van der Waals surface area contributed by atoms with Crippen LogP contribution in [0.25, 0.3) is 10.2 Å². The van der Waals surface area contributed by atoms with Crippen molar-refractivity contribution in [3.8, 4) is 0 Å². The van der Waals surface area contributed by atoms with Crippen molar-refractivity contribution in [2.45, 2.75) is 13.5 Å². The van der Waals surface area contributed by atoms with E-state index in [-0.39, 0.29) is 18.2 Å². The number of nitrogens with zero attached hydrogens (tertiary/aromatic N) is 3. The monoisotopic (exact) mass is 461 g/mol.